The second-order valence-corrected chi connectivity index (χ2v) is 4.22. The lowest BCUT2D eigenvalue weighted by atomic mass is 9.64. The lowest BCUT2D eigenvalue weighted by Gasteiger charge is -2.42. The van der Waals surface area contributed by atoms with Crippen LogP contribution in [-0.4, -0.2) is 19.3 Å². The predicted octanol–water partition coefficient (Wildman–Crippen LogP) is 1.93. The number of carbonyl (C=O) groups excluding carboxylic acids is 1. The van der Waals surface area contributed by atoms with Crippen molar-refractivity contribution in [3.63, 3.8) is 0 Å². The molecular weight excluding hydrogens is 171 g/mol. The Bertz CT molecular complexity index is 217. The van der Waals surface area contributed by atoms with Crippen LogP contribution in [0.2, 0.25) is 0 Å². The number of methoxy groups -OCH3 is 1. The molecule has 0 aliphatic heterocycles. The average Bonchev–Trinajstić information content (AvgIpc) is 2.17. The first kappa shape index (κ1) is 8.97. The Morgan fingerprint density at radius 3 is 2.69 bits per heavy atom. The number of ether oxygens (including phenoxy) is 1. The normalized spacial score (nSPS) is 43.2. The molecular formula is C10H15FO2. The van der Waals surface area contributed by atoms with E-state index in [0.717, 1.165) is 19.3 Å². The molecule has 4 atom stereocenters. The summed E-state index contributed by atoms with van der Waals surface area (Å²) in [6.07, 6.45) is 2.71. The zero-order valence-electron chi connectivity index (χ0n) is 7.83. The van der Waals surface area contributed by atoms with Crippen molar-refractivity contribution >= 4 is 5.97 Å². The molecule has 13 heavy (non-hydrogen) atoms. The van der Waals surface area contributed by atoms with E-state index in [0.29, 0.717) is 12.3 Å². The first-order valence-electron chi connectivity index (χ1n) is 4.94. The summed E-state index contributed by atoms with van der Waals surface area (Å²) in [7, 11) is 1.39. The summed E-state index contributed by atoms with van der Waals surface area (Å²) in [6, 6.07) is 0. The van der Waals surface area contributed by atoms with Crippen LogP contribution in [-0.2, 0) is 9.53 Å². The molecule has 0 amide bonds. The third-order valence-electron chi connectivity index (χ3n) is 3.54. The second-order valence-electron chi connectivity index (χ2n) is 4.22. The van der Waals surface area contributed by atoms with Crippen LogP contribution in [0.5, 0.6) is 0 Å². The van der Waals surface area contributed by atoms with Crippen LogP contribution in [0.1, 0.15) is 25.7 Å². The highest BCUT2D eigenvalue weighted by molar-refractivity contribution is 5.73. The summed E-state index contributed by atoms with van der Waals surface area (Å²) in [5.41, 5.74) is 0. The molecule has 0 saturated heterocycles. The van der Waals surface area contributed by atoms with Gasteiger partial charge in [0.1, 0.15) is 6.17 Å². The first-order valence-corrected chi connectivity index (χ1v) is 4.94. The highest BCUT2D eigenvalue weighted by Gasteiger charge is 2.45. The molecule has 0 heterocycles. The van der Waals surface area contributed by atoms with Gasteiger partial charge in [0.15, 0.2) is 0 Å². The summed E-state index contributed by atoms with van der Waals surface area (Å²) in [6.45, 7) is 0. The quantitative estimate of drug-likeness (QED) is 0.585. The third kappa shape index (κ3) is 1.45. The van der Waals surface area contributed by atoms with Crippen LogP contribution in [0, 0.1) is 17.8 Å². The molecule has 3 fully saturated rings. The Balaban J connectivity index is 2.10. The van der Waals surface area contributed by atoms with Crippen molar-refractivity contribution in [1.82, 2.24) is 0 Å². The van der Waals surface area contributed by atoms with Crippen molar-refractivity contribution in [1.29, 1.82) is 0 Å². The molecule has 3 heteroatoms. The fourth-order valence-corrected chi connectivity index (χ4v) is 2.84. The summed E-state index contributed by atoms with van der Waals surface area (Å²) in [5, 5.41) is 0. The number of halogens is 1. The van der Waals surface area contributed by atoms with E-state index in [9.17, 15) is 9.18 Å². The molecule has 3 aliphatic rings. The maximum absolute atomic E-state index is 13.4. The van der Waals surface area contributed by atoms with Crippen molar-refractivity contribution < 1.29 is 13.9 Å². The molecule has 0 unspecified atom stereocenters. The molecule has 0 radical (unpaired) electrons. The number of fused-ring (bicyclic) bond motifs is 3. The van der Waals surface area contributed by atoms with Gasteiger partial charge in [-0.05, 0) is 31.6 Å². The van der Waals surface area contributed by atoms with E-state index in [2.05, 4.69) is 4.74 Å². The minimum absolute atomic E-state index is 0.0579. The van der Waals surface area contributed by atoms with Crippen molar-refractivity contribution in [2.75, 3.05) is 7.11 Å². The Labute approximate surface area is 77.5 Å². The number of hydrogen-bond acceptors (Lipinski definition) is 2. The topological polar surface area (TPSA) is 26.3 Å². The van der Waals surface area contributed by atoms with Gasteiger partial charge in [-0.15, -0.1) is 0 Å². The summed E-state index contributed by atoms with van der Waals surface area (Å²) < 4.78 is 18.1. The minimum Gasteiger partial charge on any atom is -0.469 e. The maximum Gasteiger partial charge on any atom is 0.309 e. The molecule has 3 rings (SSSR count). The van der Waals surface area contributed by atoms with Crippen LogP contribution < -0.4 is 0 Å². The van der Waals surface area contributed by atoms with Crippen LogP contribution >= 0.6 is 0 Å². The van der Waals surface area contributed by atoms with Crippen LogP contribution in [0.3, 0.4) is 0 Å². The van der Waals surface area contributed by atoms with Crippen molar-refractivity contribution in [3.05, 3.63) is 0 Å². The molecule has 0 spiro atoms. The Hall–Kier alpha value is -0.600. The van der Waals surface area contributed by atoms with E-state index in [1.54, 1.807) is 0 Å². The number of esters is 1. The van der Waals surface area contributed by atoms with Crippen LogP contribution in [0.25, 0.3) is 0 Å². The molecule has 0 N–H and O–H groups in total. The van der Waals surface area contributed by atoms with Gasteiger partial charge in [-0.3, -0.25) is 4.79 Å². The van der Waals surface area contributed by atoms with Gasteiger partial charge in [0.05, 0.1) is 13.0 Å². The van der Waals surface area contributed by atoms with Gasteiger partial charge >= 0.3 is 5.97 Å². The standard InChI is InChI=1S/C10H15FO2/c1-13-10(12)8-4-6-2-3-7(8)9(11)5-6/h6-9H,2-5H2,1H3/t6-,7+,8-,9-/m1/s1. The lowest BCUT2D eigenvalue weighted by molar-refractivity contribution is -0.154. The fourth-order valence-electron chi connectivity index (χ4n) is 2.84. The number of carbonyl (C=O) groups is 1. The van der Waals surface area contributed by atoms with Gasteiger partial charge < -0.3 is 4.74 Å². The van der Waals surface area contributed by atoms with Crippen LogP contribution in [0.15, 0.2) is 0 Å². The van der Waals surface area contributed by atoms with Crippen molar-refractivity contribution in [2.45, 2.75) is 31.9 Å². The highest BCUT2D eigenvalue weighted by atomic mass is 19.1. The maximum atomic E-state index is 13.4. The van der Waals surface area contributed by atoms with Crippen molar-refractivity contribution in [2.24, 2.45) is 17.8 Å². The summed E-state index contributed by atoms with van der Waals surface area (Å²) in [4.78, 5) is 11.3. The van der Waals surface area contributed by atoms with E-state index < -0.39 is 6.17 Å². The van der Waals surface area contributed by atoms with E-state index in [1.807, 2.05) is 0 Å². The summed E-state index contributed by atoms with van der Waals surface area (Å²) >= 11 is 0. The zero-order valence-corrected chi connectivity index (χ0v) is 7.83. The molecule has 3 saturated carbocycles. The summed E-state index contributed by atoms with van der Waals surface area (Å²) in [5.74, 6) is -0.00824. The molecule has 2 nitrogen and oxygen atoms in total. The van der Waals surface area contributed by atoms with Gasteiger partial charge in [0.25, 0.3) is 0 Å². The Morgan fingerprint density at radius 1 is 1.38 bits per heavy atom. The number of rotatable bonds is 1. The molecule has 0 aromatic carbocycles. The third-order valence-corrected chi connectivity index (χ3v) is 3.54. The lowest BCUT2D eigenvalue weighted by Crippen LogP contribution is -2.43. The van der Waals surface area contributed by atoms with E-state index >= 15 is 0 Å². The molecule has 74 valence electrons. The SMILES string of the molecule is COC(=O)[C@@H]1C[C@H]2CC[C@@H]1[C@H](F)C2. The smallest absolute Gasteiger partial charge is 0.309 e. The van der Waals surface area contributed by atoms with Gasteiger partial charge in [0, 0.05) is 5.92 Å². The van der Waals surface area contributed by atoms with Gasteiger partial charge in [-0.2, -0.15) is 0 Å². The Kier molecular flexibility index (Phi) is 2.26. The van der Waals surface area contributed by atoms with Crippen molar-refractivity contribution in [3.8, 4) is 0 Å². The predicted molar refractivity (Wildman–Crippen MR) is 45.9 cm³/mol. The first-order chi connectivity index (χ1) is 6.22. The van der Waals surface area contributed by atoms with Crippen LogP contribution in [0.4, 0.5) is 4.39 Å². The van der Waals surface area contributed by atoms with Gasteiger partial charge in [0.2, 0.25) is 0 Å². The minimum atomic E-state index is -0.767. The Morgan fingerprint density at radius 2 is 2.15 bits per heavy atom. The molecule has 2 bridgehead atoms. The molecule has 0 aromatic heterocycles. The monoisotopic (exact) mass is 186 g/mol. The fraction of sp³-hybridized carbons (Fsp3) is 0.900. The molecule has 3 aliphatic carbocycles. The number of alkyl halides is 1. The molecule has 0 aromatic rings. The highest BCUT2D eigenvalue weighted by Crippen LogP contribution is 2.46. The van der Waals surface area contributed by atoms with E-state index in [1.165, 1.54) is 7.11 Å². The average molecular weight is 186 g/mol. The van der Waals surface area contributed by atoms with Gasteiger partial charge in [-0.1, -0.05) is 0 Å². The number of hydrogen-bond donors (Lipinski definition) is 0. The van der Waals surface area contributed by atoms with E-state index in [-0.39, 0.29) is 17.8 Å². The zero-order chi connectivity index (χ0) is 9.42. The van der Waals surface area contributed by atoms with E-state index in [4.69, 9.17) is 0 Å². The largest absolute Gasteiger partial charge is 0.469 e. The second kappa shape index (κ2) is 3.28. The van der Waals surface area contributed by atoms with Gasteiger partial charge in [-0.25, -0.2) is 4.39 Å².